The predicted octanol–water partition coefficient (Wildman–Crippen LogP) is 3.39. The molecule has 1 aliphatic carbocycles. The topological polar surface area (TPSA) is 3.24 Å². The van der Waals surface area contributed by atoms with Gasteiger partial charge < -0.3 is 4.90 Å². The Hall–Kier alpha value is -2.80. The monoisotopic (exact) mass is 297 g/mol. The van der Waals surface area contributed by atoms with E-state index in [0.717, 1.165) is 5.22 Å². The minimum atomic E-state index is 1.05. The third kappa shape index (κ3) is 2.17. The number of hydrogen-bond acceptors (Lipinski definition) is 1. The lowest BCUT2D eigenvalue weighted by atomic mass is 9.97. The van der Waals surface area contributed by atoms with E-state index in [1.807, 2.05) is 0 Å². The van der Waals surface area contributed by atoms with Crippen molar-refractivity contribution in [3.8, 4) is 11.1 Å². The largest absolute Gasteiger partial charge is 0.378 e. The Balaban J connectivity index is 2.08. The van der Waals surface area contributed by atoms with E-state index in [2.05, 4.69) is 92.3 Å². The summed E-state index contributed by atoms with van der Waals surface area (Å²) < 4.78 is 0. The molecule has 4 rings (SSSR count). The molecule has 1 aliphatic rings. The molecule has 0 saturated heterocycles. The van der Waals surface area contributed by atoms with Gasteiger partial charge in [-0.15, -0.1) is 0 Å². The van der Waals surface area contributed by atoms with Crippen LogP contribution < -0.4 is 15.3 Å². The van der Waals surface area contributed by atoms with Crippen LogP contribution in [0.3, 0.4) is 0 Å². The summed E-state index contributed by atoms with van der Waals surface area (Å²) in [6.45, 7) is 4.11. The van der Waals surface area contributed by atoms with Crippen LogP contribution in [-0.2, 0) is 0 Å². The average Bonchev–Trinajstić information content (AvgIpc) is 2.88. The molecule has 0 N–H and O–H groups in total. The fraction of sp³-hybridized carbons (Fsp3) is 0.0909. The number of anilines is 1. The molecule has 3 aromatic rings. The molecule has 0 aromatic heterocycles. The van der Waals surface area contributed by atoms with Gasteiger partial charge in [0.25, 0.3) is 0 Å². The number of nitrogens with zero attached hydrogens (tertiary/aromatic N) is 1. The molecule has 1 nitrogen and oxygen atoms in total. The zero-order chi connectivity index (χ0) is 16.0. The Kier molecular flexibility index (Phi) is 3.09. The Morgan fingerprint density at radius 3 is 2.26 bits per heavy atom. The zero-order valence-electron chi connectivity index (χ0n) is 13.5. The highest BCUT2D eigenvalue weighted by atomic mass is 15.1. The zero-order valence-corrected chi connectivity index (χ0v) is 13.5. The first-order chi connectivity index (χ1) is 11.1. The van der Waals surface area contributed by atoms with Crippen molar-refractivity contribution < 1.29 is 0 Å². The van der Waals surface area contributed by atoms with Crippen LogP contribution in [0.5, 0.6) is 0 Å². The van der Waals surface area contributed by atoms with Crippen LogP contribution >= 0.6 is 0 Å². The summed E-state index contributed by atoms with van der Waals surface area (Å²) in [7, 11) is 4.16. The van der Waals surface area contributed by atoms with Gasteiger partial charge in [-0.3, -0.25) is 0 Å². The van der Waals surface area contributed by atoms with E-state index in [1.54, 1.807) is 0 Å². The number of hydrogen-bond donors (Lipinski definition) is 0. The summed E-state index contributed by atoms with van der Waals surface area (Å²) in [6, 6.07) is 23.9. The van der Waals surface area contributed by atoms with E-state index in [-0.39, 0.29) is 0 Å². The van der Waals surface area contributed by atoms with Gasteiger partial charge in [0.2, 0.25) is 0 Å². The lowest BCUT2D eigenvalue weighted by molar-refractivity contribution is 1.13. The molecule has 0 bridgehead atoms. The van der Waals surface area contributed by atoms with Crippen molar-refractivity contribution >= 4 is 17.8 Å². The number of rotatable bonds is 2. The number of benzene rings is 3. The van der Waals surface area contributed by atoms with Crippen LogP contribution in [0, 0.1) is 0 Å². The van der Waals surface area contributed by atoms with Crippen LogP contribution in [0.1, 0.15) is 11.1 Å². The molecule has 23 heavy (non-hydrogen) atoms. The molecule has 0 heterocycles. The van der Waals surface area contributed by atoms with E-state index >= 15 is 0 Å². The van der Waals surface area contributed by atoms with Crippen LogP contribution in [-0.4, -0.2) is 14.1 Å². The Bertz CT molecular complexity index is 998. The van der Waals surface area contributed by atoms with Gasteiger partial charge in [-0.25, -0.2) is 0 Å². The fourth-order valence-electron chi connectivity index (χ4n) is 3.34. The van der Waals surface area contributed by atoms with Gasteiger partial charge in [0.05, 0.1) is 0 Å². The molecule has 0 unspecified atom stereocenters. The molecule has 0 saturated carbocycles. The van der Waals surface area contributed by atoms with Gasteiger partial charge in [0, 0.05) is 19.8 Å². The smallest absolute Gasteiger partial charge is 0.0367 e. The Morgan fingerprint density at radius 1 is 0.739 bits per heavy atom. The van der Waals surface area contributed by atoms with Gasteiger partial charge in [0.15, 0.2) is 0 Å². The molecule has 112 valence electrons. The minimum absolute atomic E-state index is 1.05. The van der Waals surface area contributed by atoms with Crippen molar-refractivity contribution in [2.45, 2.75) is 0 Å². The summed E-state index contributed by atoms with van der Waals surface area (Å²) in [5.41, 5.74) is 7.70. The van der Waals surface area contributed by atoms with Crippen molar-refractivity contribution in [3.63, 3.8) is 0 Å². The van der Waals surface area contributed by atoms with Crippen LogP contribution in [0.4, 0.5) is 5.69 Å². The molecule has 3 aromatic carbocycles. The van der Waals surface area contributed by atoms with Crippen LogP contribution in [0.15, 0.2) is 66.7 Å². The molecule has 0 aliphatic heterocycles. The maximum atomic E-state index is 4.11. The normalized spacial score (nSPS) is 12.0. The van der Waals surface area contributed by atoms with E-state index < -0.39 is 0 Å². The maximum Gasteiger partial charge on any atom is 0.0367 e. The molecule has 0 amide bonds. The minimum Gasteiger partial charge on any atom is -0.378 e. The highest BCUT2D eigenvalue weighted by molar-refractivity contribution is 5.96. The standard InChI is InChI=1S/C22H19N/c1-15-9-11-18-20(13-15)21-14-17(23(2)3)10-12-19(21)22(18)16-7-5-4-6-8-16/h4-14H,1H2,2-3H3. The third-order valence-electron chi connectivity index (χ3n) is 4.49. The summed E-state index contributed by atoms with van der Waals surface area (Å²) in [6.07, 6.45) is 0. The Morgan fingerprint density at radius 2 is 1.52 bits per heavy atom. The number of fused-ring (bicyclic) bond motifs is 3. The van der Waals surface area contributed by atoms with Crippen molar-refractivity contribution in [3.05, 3.63) is 88.3 Å². The van der Waals surface area contributed by atoms with Gasteiger partial charge in [-0.2, -0.15) is 0 Å². The second-order valence-electron chi connectivity index (χ2n) is 6.25. The molecule has 0 atom stereocenters. The van der Waals surface area contributed by atoms with E-state index in [9.17, 15) is 0 Å². The summed E-state index contributed by atoms with van der Waals surface area (Å²) >= 11 is 0. The molecular weight excluding hydrogens is 278 g/mol. The van der Waals surface area contributed by atoms with E-state index in [1.165, 1.54) is 38.7 Å². The van der Waals surface area contributed by atoms with Crippen molar-refractivity contribution in [1.82, 2.24) is 0 Å². The highest BCUT2D eigenvalue weighted by Gasteiger charge is 2.21. The average molecular weight is 297 g/mol. The first kappa shape index (κ1) is 13.8. The second-order valence-corrected chi connectivity index (χ2v) is 6.25. The molecular formula is C22H19N. The van der Waals surface area contributed by atoms with Gasteiger partial charge in [-0.1, -0.05) is 55.1 Å². The first-order valence-electron chi connectivity index (χ1n) is 7.86. The van der Waals surface area contributed by atoms with Gasteiger partial charge in [0.1, 0.15) is 0 Å². The highest BCUT2D eigenvalue weighted by Crippen LogP contribution is 2.37. The second kappa shape index (κ2) is 5.13. The van der Waals surface area contributed by atoms with Crippen LogP contribution in [0.25, 0.3) is 23.3 Å². The summed E-state index contributed by atoms with van der Waals surface area (Å²) in [5, 5.41) is 2.36. The fourth-order valence-corrected chi connectivity index (χ4v) is 3.34. The van der Waals surface area contributed by atoms with E-state index in [4.69, 9.17) is 0 Å². The first-order valence-corrected chi connectivity index (χ1v) is 7.86. The maximum absolute atomic E-state index is 4.11. The summed E-state index contributed by atoms with van der Waals surface area (Å²) in [4.78, 5) is 2.15. The van der Waals surface area contributed by atoms with Gasteiger partial charge >= 0.3 is 0 Å². The molecule has 1 heteroatoms. The quantitative estimate of drug-likeness (QED) is 0.548. The van der Waals surface area contributed by atoms with Crippen LogP contribution in [0.2, 0.25) is 0 Å². The molecule has 0 spiro atoms. The Labute approximate surface area is 136 Å². The van der Waals surface area contributed by atoms with Crippen molar-refractivity contribution in [1.29, 1.82) is 0 Å². The summed E-state index contributed by atoms with van der Waals surface area (Å²) in [5.74, 6) is 0. The van der Waals surface area contributed by atoms with Crippen molar-refractivity contribution in [2.24, 2.45) is 0 Å². The third-order valence-corrected chi connectivity index (χ3v) is 4.49. The molecule has 0 fully saturated rings. The lowest BCUT2D eigenvalue weighted by Gasteiger charge is -2.15. The van der Waals surface area contributed by atoms with Gasteiger partial charge in [-0.05, 0) is 56.5 Å². The van der Waals surface area contributed by atoms with E-state index in [0.29, 0.717) is 0 Å². The SMILES string of the molecule is C=c1ccc2c(c1)-c1cc(N(C)C)ccc1C=2c1ccccc1. The van der Waals surface area contributed by atoms with Crippen molar-refractivity contribution in [2.75, 3.05) is 19.0 Å². The molecule has 0 radical (unpaired) electrons. The predicted molar refractivity (Wildman–Crippen MR) is 99.0 cm³/mol. The lowest BCUT2D eigenvalue weighted by Crippen LogP contribution is -2.10.